The third-order valence-electron chi connectivity index (χ3n) is 2.01. The number of aldehydes is 1. The highest BCUT2D eigenvalue weighted by Crippen LogP contribution is 2.34. The smallest absolute Gasteiger partial charge is 0.325 e. The highest BCUT2D eigenvalue weighted by atomic mass is 19.4. The third-order valence-corrected chi connectivity index (χ3v) is 2.01. The fourth-order valence-corrected chi connectivity index (χ4v) is 1.25. The number of hydrogen-bond donors (Lipinski definition) is 1. The van der Waals surface area contributed by atoms with Crippen molar-refractivity contribution in [3.8, 4) is 0 Å². The van der Waals surface area contributed by atoms with Gasteiger partial charge in [-0.15, -0.1) is 0 Å². The number of halogens is 5. The SMILES string of the molecule is NCc1nc(C=O)c(C(F)F)cc1C(F)(F)F. The lowest BCUT2D eigenvalue weighted by Crippen LogP contribution is -2.16. The number of rotatable bonds is 3. The molecule has 0 aliphatic heterocycles. The van der Waals surface area contributed by atoms with Gasteiger partial charge < -0.3 is 5.73 Å². The maximum atomic E-state index is 12.5. The molecule has 8 heteroatoms. The van der Waals surface area contributed by atoms with Gasteiger partial charge in [-0.1, -0.05) is 0 Å². The van der Waals surface area contributed by atoms with Gasteiger partial charge in [0.2, 0.25) is 0 Å². The number of nitrogens with two attached hydrogens (primary N) is 1. The molecule has 0 radical (unpaired) electrons. The van der Waals surface area contributed by atoms with Crippen LogP contribution in [0.25, 0.3) is 0 Å². The van der Waals surface area contributed by atoms with E-state index < -0.39 is 41.7 Å². The summed E-state index contributed by atoms with van der Waals surface area (Å²) in [5.74, 6) is 0. The average Bonchev–Trinajstić information content (AvgIpc) is 2.25. The standard InChI is InChI=1S/C9H7F5N2O/c10-8(11)4-1-5(9(12,13)14)6(2-15)16-7(4)3-17/h1,3,8H,2,15H2. The number of carbonyl (C=O) groups excluding carboxylic acids is 1. The summed E-state index contributed by atoms with van der Waals surface area (Å²) in [5, 5.41) is 0. The van der Waals surface area contributed by atoms with Gasteiger partial charge in [-0.05, 0) is 6.07 Å². The Morgan fingerprint density at radius 3 is 2.35 bits per heavy atom. The van der Waals surface area contributed by atoms with E-state index in [2.05, 4.69) is 4.98 Å². The van der Waals surface area contributed by atoms with E-state index in [1.165, 1.54) is 0 Å². The van der Waals surface area contributed by atoms with Crippen LogP contribution in [0.3, 0.4) is 0 Å². The second-order valence-electron chi connectivity index (χ2n) is 3.08. The van der Waals surface area contributed by atoms with Gasteiger partial charge in [-0.2, -0.15) is 13.2 Å². The quantitative estimate of drug-likeness (QED) is 0.665. The van der Waals surface area contributed by atoms with E-state index >= 15 is 0 Å². The summed E-state index contributed by atoms with van der Waals surface area (Å²) in [5.41, 5.74) is 1.27. The number of hydrogen-bond acceptors (Lipinski definition) is 3. The van der Waals surface area contributed by atoms with Crippen LogP contribution in [-0.4, -0.2) is 11.3 Å². The van der Waals surface area contributed by atoms with Gasteiger partial charge in [0.1, 0.15) is 5.69 Å². The van der Waals surface area contributed by atoms with Crippen molar-refractivity contribution in [1.82, 2.24) is 4.98 Å². The van der Waals surface area contributed by atoms with Crippen LogP contribution in [0, 0.1) is 0 Å². The Labute approximate surface area is 92.4 Å². The van der Waals surface area contributed by atoms with E-state index in [0.29, 0.717) is 0 Å². The van der Waals surface area contributed by atoms with Crippen LogP contribution in [0.1, 0.15) is 33.7 Å². The van der Waals surface area contributed by atoms with Crippen LogP contribution in [0.2, 0.25) is 0 Å². The molecule has 0 fully saturated rings. The highest BCUT2D eigenvalue weighted by Gasteiger charge is 2.35. The Kier molecular flexibility index (Phi) is 3.76. The zero-order valence-corrected chi connectivity index (χ0v) is 8.26. The van der Waals surface area contributed by atoms with E-state index in [1.807, 2.05) is 0 Å². The van der Waals surface area contributed by atoms with Crippen LogP contribution >= 0.6 is 0 Å². The molecule has 1 aromatic heterocycles. The molecule has 0 bridgehead atoms. The molecule has 3 nitrogen and oxygen atoms in total. The molecule has 0 aliphatic rings. The van der Waals surface area contributed by atoms with Crippen LogP contribution in [0.15, 0.2) is 6.07 Å². The van der Waals surface area contributed by atoms with Gasteiger partial charge in [0.25, 0.3) is 6.43 Å². The Morgan fingerprint density at radius 1 is 1.41 bits per heavy atom. The van der Waals surface area contributed by atoms with Gasteiger partial charge in [-0.3, -0.25) is 4.79 Å². The second kappa shape index (κ2) is 4.74. The number of nitrogens with zero attached hydrogens (tertiary/aromatic N) is 1. The molecule has 0 saturated carbocycles. The predicted molar refractivity (Wildman–Crippen MR) is 47.5 cm³/mol. The van der Waals surface area contributed by atoms with Gasteiger partial charge in [0.15, 0.2) is 6.29 Å². The first-order valence-electron chi connectivity index (χ1n) is 4.35. The molecule has 1 heterocycles. The summed E-state index contributed by atoms with van der Waals surface area (Å²) in [7, 11) is 0. The summed E-state index contributed by atoms with van der Waals surface area (Å²) in [6, 6.07) is 0.212. The van der Waals surface area contributed by atoms with Crippen molar-refractivity contribution >= 4 is 6.29 Å². The Bertz CT molecular complexity index is 430. The molecule has 2 N–H and O–H groups in total. The van der Waals surface area contributed by atoms with Crippen LogP contribution in [0.5, 0.6) is 0 Å². The molecule has 94 valence electrons. The second-order valence-corrected chi connectivity index (χ2v) is 3.08. The number of carbonyl (C=O) groups is 1. The minimum absolute atomic E-state index is 0.0270. The molecule has 0 atom stereocenters. The topological polar surface area (TPSA) is 56.0 Å². The van der Waals surface area contributed by atoms with E-state index in [0.717, 1.165) is 0 Å². The summed E-state index contributed by atoms with van der Waals surface area (Å²) in [6.07, 6.45) is -8.08. The normalized spacial score (nSPS) is 11.9. The first kappa shape index (κ1) is 13.5. The van der Waals surface area contributed by atoms with Crippen molar-refractivity contribution in [2.24, 2.45) is 5.73 Å². The molecule has 0 spiro atoms. The lowest BCUT2D eigenvalue weighted by molar-refractivity contribution is -0.138. The van der Waals surface area contributed by atoms with Crippen molar-refractivity contribution in [3.05, 3.63) is 28.6 Å². The molecule has 0 aliphatic carbocycles. The van der Waals surface area contributed by atoms with Crippen molar-refractivity contribution < 1.29 is 26.7 Å². The first-order chi connectivity index (χ1) is 7.81. The fraction of sp³-hybridized carbons (Fsp3) is 0.333. The van der Waals surface area contributed by atoms with E-state index in [4.69, 9.17) is 5.73 Å². The molecule has 0 saturated heterocycles. The van der Waals surface area contributed by atoms with Gasteiger partial charge in [-0.25, -0.2) is 13.8 Å². The van der Waals surface area contributed by atoms with Crippen LogP contribution in [-0.2, 0) is 12.7 Å². The highest BCUT2D eigenvalue weighted by molar-refractivity contribution is 5.74. The van der Waals surface area contributed by atoms with Crippen LogP contribution in [0.4, 0.5) is 22.0 Å². The average molecular weight is 254 g/mol. The Hall–Kier alpha value is -1.57. The van der Waals surface area contributed by atoms with Gasteiger partial charge in [0, 0.05) is 12.1 Å². The molecule has 0 amide bonds. The number of aromatic nitrogens is 1. The monoisotopic (exact) mass is 254 g/mol. The Balaban J connectivity index is 3.50. The van der Waals surface area contributed by atoms with Crippen molar-refractivity contribution in [2.75, 3.05) is 0 Å². The Morgan fingerprint density at radius 2 is 2.00 bits per heavy atom. The summed E-state index contributed by atoms with van der Waals surface area (Å²) >= 11 is 0. The largest absolute Gasteiger partial charge is 0.418 e. The molecular formula is C9H7F5N2O. The molecular weight excluding hydrogens is 247 g/mol. The summed E-state index contributed by atoms with van der Waals surface area (Å²) < 4.78 is 62.3. The lowest BCUT2D eigenvalue weighted by atomic mass is 10.1. The predicted octanol–water partition coefficient (Wildman–Crippen LogP) is 2.31. The van der Waals surface area contributed by atoms with E-state index in [1.54, 1.807) is 0 Å². The minimum atomic E-state index is -4.84. The number of pyridine rings is 1. The zero-order valence-electron chi connectivity index (χ0n) is 8.26. The summed E-state index contributed by atoms with van der Waals surface area (Å²) in [4.78, 5) is 13.6. The third kappa shape index (κ3) is 2.76. The molecule has 0 aromatic carbocycles. The maximum absolute atomic E-state index is 12.5. The van der Waals surface area contributed by atoms with Crippen molar-refractivity contribution in [2.45, 2.75) is 19.1 Å². The minimum Gasteiger partial charge on any atom is -0.325 e. The van der Waals surface area contributed by atoms with Crippen molar-refractivity contribution in [3.63, 3.8) is 0 Å². The van der Waals surface area contributed by atoms with Gasteiger partial charge in [0.05, 0.1) is 11.3 Å². The van der Waals surface area contributed by atoms with E-state index in [-0.39, 0.29) is 12.4 Å². The maximum Gasteiger partial charge on any atom is 0.418 e. The molecule has 17 heavy (non-hydrogen) atoms. The fourth-order valence-electron chi connectivity index (χ4n) is 1.25. The number of alkyl halides is 5. The van der Waals surface area contributed by atoms with E-state index in [9.17, 15) is 26.7 Å². The summed E-state index contributed by atoms with van der Waals surface area (Å²) in [6.45, 7) is -0.598. The lowest BCUT2D eigenvalue weighted by Gasteiger charge is -2.13. The molecule has 1 rings (SSSR count). The first-order valence-corrected chi connectivity index (χ1v) is 4.35. The zero-order chi connectivity index (χ0) is 13.2. The van der Waals surface area contributed by atoms with Crippen LogP contribution < -0.4 is 5.73 Å². The van der Waals surface area contributed by atoms with Gasteiger partial charge >= 0.3 is 6.18 Å². The van der Waals surface area contributed by atoms with Crippen molar-refractivity contribution in [1.29, 1.82) is 0 Å². The molecule has 0 unspecified atom stereocenters. The molecule has 1 aromatic rings.